The summed E-state index contributed by atoms with van der Waals surface area (Å²) in [7, 11) is 0. The predicted molar refractivity (Wildman–Crippen MR) is 108 cm³/mol. The number of benzene rings is 2. The van der Waals surface area contributed by atoms with Crippen LogP contribution >= 0.6 is 0 Å². The molecule has 0 saturated heterocycles. The standard InChI is InChI=1S/C21H19N3O5/c1-14-5-3-6-15(2)21(14)28-13-20(25)23-22-12-18-9-10-19(29-18)16-7-4-8-17(11-16)24(26)27/h3-12H,13H2,1-2H3,(H,23,25)/b22-12+. The zero-order valence-electron chi connectivity index (χ0n) is 15.9. The van der Waals surface area contributed by atoms with Gasteiger partial charge in [-0.15, -0.1) is 0 Å². The second-order valence-electron chi connectivity index (χ2n) is 6.31. The first-order chi connectivity index (χ1) is 13.9. The minimum atomic E-state index is -0.467. The number of non-ortho nitro benzene ring substituents is 1. The number of para-hydroxylation sites is 1. The van der Waals surface area contributed by atoms with E-state index in [2.05, 4.69) is 10.5 Å². The lowest BCUT2D eigenvalue weighted by Crippen LogP contribution is -2.24. The number of carbonyl (C=O) groups is 1. The molecule has 29 heavy (non-hydrogen) atoms. The van der Waals surface area contributed by atoms with E-state index in [1.54, 1.807) is 24.3 Å². The minimum absolute atomic E-state index is 0.0229. The van der Waals surface area contributed by atoms with E-state index in [0.717, 1.165) is 11.1 Å². The third-order valence-electron chi connectivity index (χ3n) is 4.11. The molecule has 1 N–H and O–H groups in total. The molecule has 0 bridgehead atoms. The number of rotatable bonds is 7. The fraction of sp³-hybridized carbons (Fsp3) is 0.143. The SMILES string of the molecule is Cc1cccc(C)c1OCC(=O)N/N=C/c1ccc(-c2cccc([N+](=O)[O-])c2)o1. The summed E-state index contributed by atoms with van der Waals surface area (Å²) in [4.78, 5) is 22.3. The van der Waals surface area contributed by atoms with Gasteiger partial charge in [0.2, 0.25) is 0 Å². The van der Waals surface area contributed by atoms with Gasteiger partial charge in [0.15, 0.2) is 6.61 Å². The first-order valence-corrected chi connectivity index (χ1v) is 8.79. The largest absolute Gasteiger partial charge is 0.483 e. The Bertz CT molecular complexity index is 1050. The molecule has 148 valence electrons. The lowest BCUT2D eigenvalue weighted by molar-refractivity contribution is -0.384. The number of ether oxygens (including phenoxy) is 1. The number of hydrogen-bond donors (Lipinski definition) is 1. The number of nitrogens with zero attached hydrogens (tertiary/aromatic N) is 2. The average Bonchev–Trinajstić information content (AvgIpc) is 3.16. The molecular weight excluding hydrogens is 374 g/mol. The summed E-state index contributed by atoms with van der Waals surface area (Å²) in [5, 5.41) is 14.7. The Balaban J connectivity index is 1.56. The molecule has 0 aliphatic rings. The maximum atomic E-state index is 11.9. The van der Waals surface area contributed by atoms with Gasteiger partial charge in [-0.1, -0.05) is 30.3 Å². The molecule has 1 amide bonds. The number of nitro benzene ring substituents is 1. The summed E-state index contributed by atoms with van der Waals surface area (Å²) in [6.45, 7) is 3.66. The van der Waals surface area contributed by atoms with E-state index in [1.165, 1.54) is 18.3 Å². The molecule has 0 aliphatic carbocycles. The van der Waals surface area contributed by atoms with Crippen molar-refractivity contribution in [3.05, 3.63) is 81.6 Å². The van der Waals surface area contributed by atoms with Gasteiger partial charge in [-0.05, 0) is 37.1 Å². The third-order valence-corrected chi connectivity index (χ3v) is 4.11. The molecule has 8 nitrogen and oxygen atoms in total. The molecule has 0 unspecified atom stereocenters. The normalized spacial score (nSPS) is 10.8. The summed E-state index contributed by atoms with van der Waals surface area (Å²) in [5.74, 6) is 1.12. The van der Waals surface area contributed by atoms with Crippen LogP contribution in [0.5, 0.6) is 5.75 Å². The van der Waals surface area contributed by atoms with E-state index in [0.29, 0.717) is 22.8 Å². The number of nitro groups is 1. The average molecular weight is 393 g/mol. The van der Waals surface area contributed by atoms with E-state index >= 15 is 0 Å². The van der Waals surface area contributed by atoms with Crippen LogP contribution in [0, 0.1) is 24.0 Å². The fourth-order valence-electron chi connectivity index (χ4n) is 2.71. The van der Waals surface area contributed by atoms with E-state index in [-0.39, 0.29) is 12.3 Å². The van der Waals surface area contributed by atoms with Crippen LogP contribution in [-0.4, -0.2) is 23.7 Å². The third kappa shape index (κ3) is 5.07. The maximum absolute atomic E-state index is 11.9. The lowest BCUT2D eigenvalue weighted by atomic mass is 10.1. The first kappa shape index (κ1) is 19.8. The molecule has 2 aromatic carbocycles. The van der Waals surface area contributed by atoms with Crippen LogP contribution in [0.15, 0.2) is 64.1 Å². The lowest BCUT2D eigenvalue weighted by Gasteiger charge is -2.10. The van der Waals surface area contributed by atoms with Crippen LogP contribution in [0.2, 0.25) is 0 Å². The molecule has 1 heterocycles. The molecule has 0 atom stereocenters. The molecule has 0 fully saturated rings. The van der Waals surface area contributed by atoms with Gasteiger partial charge in [-0.2, -0.15) is 5.10 Å². The number of aryl methyl sites for hydroxylation is 2. The van der Waals surface area contributed by atoms with Gasteiger partial charge in [-0.3, -0.25) is 14.9 Å². The van der Waals surface area contributed by atoms with Gasteiger partial charge in [0.05, 0.1) is 11.1 Å². The number of hydrazone groups is 1. The monoisotopic (exact) mass is 393 g/mol. The molecule has 3 aromatic rings. The van der Waals surface area contributed by atoms with Crippen LogP contribution in [0.1, 0.15) is 16.9 Å². The highest BCUT2D eigenvalue weighted by atomic mass is 16.6. The summed E-state index contributed by atoms with van der Waals surface area (Å²) in [6.07, 6.45) is 1.35. The van der Waals surface area contributed by atoms with Crippen LogP contribution in [0.3, 0.4) is 0 Å². The molecular formula is C21H19N3O5. The van der Waals surface area contributed by atoms with Crippen molar-refractivity contribution in [3.8, 4) is 17.1 Å². The van der Waals surface area contributed by atoms with E-state index in [1.807, 2.05) is 32.0 Å². The first-order valence-electron chi connectivity index (χ1n) is 8.79. The van der Waals surface area contributed by atoms with Gasteiger partial charge >= 0.3 is 0 Å². The van der Waals surface area contributed by atoms with Gasteiger partial charge in [-0.25, -0.2) is 5.43 Å². The van der Waals surface area contributed by atoms with E-state index in [4.69, 9.17) is 9.15 Å². The minimum Gasteiger partial charge on any atom is -0.483 e. The summed E-state index contributed by atoms with van der Waals surface area (Å²) in [5.41, 5.74) is 4.82. The second kappa shape index (κ2) is 8.83. The highest BCUT2D eigenvalue weighted by Gasteiger charge is 2.10. The van der Waals surface area contributed by atoms with Gasteiger partial charge < -0.3 is 9.15 Å². The zero-order valence-corrected chi connectivity index (χ0v) is 15.9. The Labute approximate surface area is 167 Å². The fourth-order valence-corrected chi connectivity index (χ4v) is 2.71. The van der Waals surface area contributed by atoms with Crippen molar-refractivity contribution in [2.45, 2.75) is 13.8 Å². The second-order valence-corrected chi connectivity index (χ2v) is 6.31. The summed E-state index contributed by atoms with van der Waals surface area (Å²) >= 11 is 0. The van der Waals surface area contributed by atoms with E-state index in [9.17, 15) is 14.9 Å². The van der Waals surface area contributed by atoms with Gasteiger partial charge in [0, 0.05) is 17.7 Å². The number of amides is 1. The summed E-state index contributed by atoms with van der Waals surface area (Å²) < 4.78 is 11.2. The maximum Gasteiger partial charge on any atom is 0.277 e. The van der Waals surface area contributed by atoms with Crippen molar-refractivity contribution < 1.29 is 18.9 Å². The number of furan rings is 1. The number of nitrogens with one attached hydrogen (secondary N) is 1. The zero-order chi connectivity index (χ0) is 20.8. The van der Waals surface area contributed by atoms with E-state index < -0.39 is 10.8 Å². The smallest absolute Gasteiger partial charge is 0.277 e. The Morgan fingerprint density at radius 3 is 2.62 bits per heavy atom. The highest BCUT2D eigenvalue weighted by Crippen LogP contribution is 2.25. The van der Waals surface area contributed by atoms with Crippen molar-refractivity contribution in [1.29, 1.82) is 0 Å². The van der Waals surface area contributed by atoms with Crippen LogP contribution < -0.4 is 10.2 Å². The molecule has 1 aromatic heterocycles. The van der Waals surface area contributed by atoms with Crippen molar-refractivity contribution in [2.75, 3.05) is 6.61 Å². The molecule has 0 radical (unpaired) electrons. The highest BCUT2D eigenvalue weighted by molar-refractivity contribution is 5.81. The Hall–Kier alpha value is -3.94. The molecule has 8 heteroatoms. The molecule has 0 saturated carbocycles. The number of carbonyl (C=O) groups excluding carboxylic acids is 1. The van der Waals surface area contributed by atoms with Crippen molar-refractivity contribution in [2.24, 2.45) is 5.10 Å². The van der Waals surface area contributed by atoms with Crippen molar-refractivity contribution in [3.63, 3.8) is 0 Å². The van der Waals surface area contributed by atoms with Gasteiger partial charge in [0.25, 0.3) is 11.6 Å². The molecule has 0 aliphatic heterocycles. The summed E-state index contributed by atoms with van der Waals surface area (Å²) in [6, 6.07) is 15.2. The Kier molecular flexibility index (Phi) is 6.03. The van der Waals surface area contributed by atoms with Gasteiger partial charge in [0.1, 0.15) is 17.3 Å². The van der Waals surface area contributed by atoms with Crippen molar-refractivity contribution in [1.82, 2.24) is 5.43 Å². The topological polar surface area (TPSA) is 107 Å². The Morgan fingerprint density at radius 1 is 1.17 bits per heavy atom. The van der Waals surface area contributed by atoms with Crippen LogP contribution in [0.25, 0.3) is 11.3 Å². The van der Waals surface area contributed by atoms with Crippen molar-refractivity contribution >= 4 is 17.8 Å². The Morgan fingerprint density at radius 2 is 1.90 bits per heavy atom. The number of hydrogen-bond acceptors (Lipinski definition) is 6. The molecule has 0 spiro atoms. The van der Waals surface area contributed by atoms with Crippen LogP contribution in [0.4, 0.5) is 5.69 Å². The molecule has 3 rings (SSSR count). The predicted octanol–water partition coefficient (Wildman–Crippen LogP) is 4.00. The van der Waals surface area contributed by atoms with Crippen LogP contribution in [-0.2, 0) is 4.79 Å². The quantitative estimate of drug-likeness (QED) is 0.371.